The highest BCUT2D eigenvalue weighted by Gasteiger charge is 2.07. The predicted octanol–water partition coefficient (Wildman–Crippen LogP) is 4.96. The average molecular weight is 397 g/mol. The Morgan fingerprint density at radius 2 is 1.70 bits per heavy atom. The van der Waals surface area contributed by atoms with E-state index in [2.05, 4.69) is 44.1 Å². The highest BCUT2D eigenvalue weighted by Crippen LogP contribution is 2.22. The lowest BCUT2D eigenvalue weighted by Crippen LogP contribution is -2.15. The molecule has 0 aromatic heterocycles. The molecule has 0 bridgehead atoms. The van der Waals surface area contributed by atoms with Crippen LogP contribution in [0.5, 0.6) is 0 Å². The third-order valence-corrected chi connectivity index (χ3v) is 4.02. The van der Waals surface area contributed by atoms with Crippen molar-refractivity contribution in [1.82, 2.24) is 0 Å². The molecular weight excluding hydrogens is 382 g/mol. The van der Waals surface area contributed by atoms with Gasteiger partial charge < -0.3 is 5.32 Å². The first-order chi connectivity index (χ1) is 9.58. The molecule has 0 aliphatic heterocycles. The van der Waals surface area contributed by atoms with Gasteiger partial charge in [0.1, 0.15) is 0 Å². The summed E-state index contributed by atoms with van der Waals surface area (Å²) in [5.41, 5.74) is 3.02. The van der Waals surface area contributed by atoms with Crippen LogP contribution >= 0.6 is 31.9 Å². The molecule has 0 unspecified atom stereocenters. The summed E-state index contributed by atoms with van der Waals surface area (Å²) in [7, 11) is 0. The molecule has 0 saturated heterocycles. The Labute approximate surface area is 135 Å². The quantitative estimate of drug-likeness (QED) is 0.777. The lowest BCUT2D eigenvalue weighted by atomic mass is 10.1. The minimum absolute atomic E-state index is 0.00402. The third-order valence-electron chi connectivity index (χ3n) is 3.00. The molecule has 2 aromatic carbocycles. The highest BCUT2D eigenvalue weighted by molar-refractivity contribution is 9.10. The Morgan fingerprint density at radius 3 is 2.35 bits per heavy atom. The summed E-state index contributed by atoms with van der Waals surface area (Å²) in [4.78, 5) is 12.1. The number of hydrogen-bond donors (Lipinski definition) is 1. The number of halogens is 2. The summed E-state index contributed by atoms with van der Waals surface area (Å²) in [6, 6.07) is 13.7. The van der Waals surface area contributed by atoms with Gasteiger partial charge in [0, 0.05) is 14.6 Å². The second-order valence-corrected chi connectivity index (χ2v) is 6.34. The number of carbonyl (C=O) groups is 1. The zero-order chi connectivity index (χ0) is 14.5. The van der Waals surface area contributed by atoms with E-state index in [1.807, 2.05) is 42.5 Å². The molecule has 0 atom stereocenters. The van der Waals surface area contributed by atoms with Crippen molar-refractivity contribution in [1.29, 1.82) is 0 Å². The van der Waals surface area contributed by atoms with Gasteiger partial charge in [0.2, 0.25) is 5.91 Å². The van der Waals surface area contributed by atoms with Crippen molar-refractivity contribution in [2.24, 2.45) is 0 Å². The van der Waals surface area contributed by atoms with Crippen LogP contribution in [0.2, 0.25) is 0 Å². The monoisotopic (exact) mass is 395 g/mol. The van der Waals surface area contributed by atoms with Crippen molar-refractivity contribution >= 4 is 43.5 Å². The summed E-state index contributed by atoms with van der Waals surface area (Å²) in [6.45, 7) is 2.08. The summed E-state index contributed by atoms with van der Waals surface area (Å²) >= 11 is 6.83. The van der Waals surface area contributed by atoms with Crippen LogP contribution in [-0.2, 0) is 17.6 Å². The topological polar surface area (TPSA) is 29.1 Å². The van der Waals surface area contributed by atoms with Crippen molar-refractivity contribution in [2.45, 2.75) is 19.8 Å². The molecule has 2 aromatic rings. The van der Waals surface area contributed by atoms with Gasteiger partial charge in [-0.25, -0.2) is 0 Å². The number of hydrogen-bond acceptors (Lipinski definition) is 1. The Hall–Kier alpha value is -1.13. The number of benzene rings is 2. The van der Waals surface area contributed by atoms with Gasteiger partial charge in [-0.1, -0.05) is 50.9 Å². The van der Waals surface area contributed by atoms with E-state index in [0.29, 0.717) is 6.42 Å². The van der Waals surface area contributed by atoms with Gasteiger partial charge in [0.15, 0.2) is 0 Å². The van der Waals surface area contributed by atoms with E-state index < -0.39 is 0 Å². The molecule has 1 amide bonds. The van der Waals surface area contributed by atoms with Gasteiger partial charge in [0.05, 0.1) is 6.42 Å². The fourth-order valence-electron chi connectivity index (χ4n) is 1.96. The lowest BCUT2D eigenvalue weighted by molar-refractivity contribution is -0.115. The summed E-state index contributed by atoms with van der Waals surface area (Å²) in [5, 5.41) is 2.98. The first-order valence-corrected chi connectivity index (χ1v) is 8.00. The van der Waals surface area contributed by atoms with Crippen LogP contribution in [0.15, 0.2) is 51.4 Å². The Morgan fingerprint density at radius 1 is 1.05 bits per heavy atom. The maximum atomic E-state index is 12.1. The zero-order valence-corrected chi connectivity index (χ0v) is 14.3. The molecule has 0 spiro atoms. The molecule has 0 aliphatic rings. The van der Waals surface area contributed by atoms with Gasteiger partial charge in [-0.15, -0.1) is 0 Å². The fourth-order valence-corrected chi connectivity index (χ4v) is 2.63. The molecule has 20 heavy (non-hydrogen) atoms. The molecule has 1 N–H and O–H groups in total. The number of carbonyl (C=O) groups excluding carboxylic acids is 1. The highest BCUT2D eigenvalue weighted by atomic mass is 79.9. The lowest BCUT2D eigenvalue weighted by Gasteiger charge is -2.10. The summed E-state index contributed by atoms with van der Waals surface area (Å²) in [5.74, 6) is 0.00402. The molecule has 0 fully saturated rings. The number of nitrogens with one attached hydrogen (secondary N) is 1. The van der Waals surface area contributed by atoms with Crippen LogP contribution < -0.4 is 5.32 Å². The van der Waals surface area contributed by atoms with Crippen LogP contribution in [0, 0.1) is 0 Å². The number of amides is 1. The molecule has 0 heterocycles. The second kappa shape index (κ2) is 7.04. The van der Waals surface area contributed by atoms with Gasteiger partial charge >= 0.3 is 0 Å². The van der Waals surface area contributed by atoms with E-state index in [9.17, 15) is 4.79 Å². The smallest absolute Gasteiger partial charge is 0.228 e. The van der Waals surface area contributed by atoms with Gasteiger partial charge in [-0.2, -0.15) is 0 Å². The zero-order valence-electron chi connectivity index (χ0n) is 11.1. The molecule has 0 radical (unpaired) electrons. The molecule has 4 heteroatoms. The molecule has 0 aliphatic carbocycles. The standard InChI is InChI=1S/C16H15Br2NO/c1-2-12-10-14(18)7-8-15(12)19-16(20)9-11-3-5-13(17)6-4-11/h3-8,10H,2,9H2,1H3,(H,19,20). The van der Waals surface area contributed by atoms with Gasteiger partial charge in [-0.05, 0) is 47.9 Å². The number of anilines is 1. The molecule has 0 saturated carbocycles. The molecule has 104 valence electrons. The number of rotatable bonds is 4. The predicted molar refractivity (Wildman–Crippen MR) is 90.0 cm³/mol. The number of aryl methyl sites for hydroxylation is 1. The van der Waals surface area contributed by atoms with Crippen molar-refractivity contribution < 1.29 is 4.79 Å². The van der Waals surface area contributed by atoms with E-state index in [1.165, 1.54) is 0 Å². The second-order valence-electron chi connectivity index (χ2n) is 4.51. The van der Waals surface area contributed by atoms with Crippen molar-refractivity contribution in [3.05, 3.63) is 62.5 Å². The Bertz CT molecular complexity index is 608. The van der Waals surface area contributed by atoms with E-state index in [1.54, 1.807) is 0 Å². The van der Waals surface area contributed by atoms with Gasteiger partial charge in [-0.3, -0.25) is 4.79 Å². The first kappa shape index (κ1) is 15.3. The normalized spacial score (nSPS) is 10.3. The van der Waals surface area contributed by atoms with E-state index in [0.717, 1.165) is 32.2 Å². The fraction of sp³-hybridized carbons (Fsp3) is 0.188. The van der Waals surface area contributed by atoms with Gasteiger partial charge in [0.25, 0.3) is 0 Å². The van der Waals surface area contributed by atoms with E-state index >= 15 is 0 Å². The van der Waals surface area contributed by atoms with Crippen LogP contribution in [-0.4, -0.2) is 5.91 Å². The van der Waals surface area contributed by atoms with Crippen molar-refractivity contribution in [3.63, 3.8) is 0 Å². The maximum absolute atomic E-state index is 12.1. The van der Waals surface area contributed by atoms with Crippen LogP contribution in [0.25, 0.3) is 0 Å². The largest absolute Gasteiger partial charge is 0.326 e. The van der Waals surface area contributed by atoms with E-state index in [-0.39, 0.29) is 5.91 Å². The maximum Gasteiger partial charge on any atom is 0.228 e. The van der Waals surface area contributed by atoms with Crippen LogP contribution in [0.1, 0.15) is 18.1 Å². The minimum atomic E-state index is 0.00402. The van der Waals surface area contributed by atoms with Crippen LogP contribution in [0.3, 0.4) is 0 Å². The Kier molecular flexibility index (Phi) is 5.38. The van der Waals surface area contributed by atoms with Crippen molar-refractivity contribution in [3.8, 4) is 0 Å². The SMILES string of the molecule is CCc1cc(Br)ccc1NC(=O)Cc1ccc(Br)cc1. The third kappa shape index (κ3) is 4.18. The van der Waals surface area contributed by atoms with E-state index in [4.69, 9.17) is 0 Å². The summed E-state index contributed by atoms with van der Waals surface area (Å²) < 4.78 is 2.04. The first-order valence-electron chi connectivity index (χ1n) is 6.41. The Balaban J connectivity index is 2.06. The van der Waals surface area contributed by atoms with Crippen LogP contribution in [0.4, 0.5) is 5.69 Å². The summed E-state index contributed by atoms with van der Waals surface area (Å²) in [6.07, 6.45) is 1.26. The van der Waals surface area contributed by atoms with Crippen molar-refractivity contribution in [2.75, 3.05) is 5.32 Å². The molecular formula is C16H15Br2NO. The molecule has 2 nitrogen and oxygen atoms in total. The average Bonchev–Trinajstić information content (AvgIpc) is 2.43. The molecule has 2 rings (SSSR count). The minimum Gasteiger partial charge on any atom is -0.326 e.